The molecule has 9 nitrogen and oxygen atoms in total. The van der Waals surface area contributed by atoms with E-state index in [1.807, 2.05) is 0 Å². The molecule has 1 aliphatic rings. The zero-order valence-corrected chi connectivity index (χ0v) is 11.1. The van der Waals surface area contributed by atoms with Crippen LogP contribution in [0.3, 0.4) is 0 Å². The summed E-state index contributed by atoms with van der Waals surface area (Å²) in [4.78, 5) is 18.2. The van der Waals surface area contributed by atoms with Gasteiger partial charge in [0.25, 0.3) is 11.5 Å². The molecule has 5 N–H and O–H groups in total. The summed E-state index contributed by atoms with van der Waals surface area (Å²) >= 11 is 0. The average molecular weight is 300 g/mol. The van der Waals surface area contributed by atoms with Gasteiger partial charge in [0.15, 0.2) is 12.5 Å². The number of aromatic nitrogens is 4. The van der Waals surface area contributed by atoms with Gasteiger partial charge in [-0.25, -0.2) is 8.96 Å². The van der Waals surface area contributed by atoms with Crippen LogP contribution in [-0.2, 0) is 11.8 Å². The monoisotopic (exact) mass is 300 g/mol. The Balaban J connectivity index is 2.16. The molecule has 1 aliphatic heterocycles. The standard InChI is InChI=1S/C11H14FN5O4/c1-16-3-17(8-6(16)9(20)15-11(13)14-8)10-5(12)7(19)4(2-18)21-10/h3-5,7,10,18-19H,2H2,1H3,(H2-,13,14,15,20)/p+1/t4-,5?,7+,10-/m1/s1. The molecular formula is C11H15FN5O4+. The minimum absolute atomic E-state index is 0.111. The molecule has 1 fully saturated rings. The molecular weight excluding hydrogens is 285 g/mol. The van der Waals surface area contributed by atoms with E-state index in [-0.39, 0.29) is 17.1 Å². The van der Waals surface area contributed by atoms with Crippen molar-refractivity contribution in [2.75, 3.05) is 12.3 Å². The van der Waals surface area contributed by atoms with Gasteiger partial charge < -0.3 is 20.7 Å². The highest BCUT2D eigenvalue weighted by molar-refractivity contribution is 5.67. The van der Waals surface area contributed by atoms with Crippen molar-refractivity contribution in [3.63, 3.8) is 0 Å². The number of aryl methyl sites for hydroxylation is 1. The minimum Gasteiger partial charge on any atom is -0.394 e. The Morgan fingerprint density at radius 1 is 1.67 bits per heavy atom. The van der Waals surface area contributed by atoms with Gasteiger partial charge in [-0.1, -0.05) is 4.98 Å². The molecule has 1 unspecified atom stereocenters. The van der Waals surface area contributed by atoms with Crippen LogP contribution in [0.2, 0.25) is 0 Å². The van der Waals surface area contributed by atoms with Gasteiger partial charge in [0, 0.05) is 0 Å². The van der Waals surface area contributed by atoms with Gasteiger partial charge in [0.1, 0.15) is 12.2 Å². The van der Waals surface area contributed by atoms with Crippen molar-refractivity contribution in [2.24, 2.45) is 7.05 Å². The molecule has 21 heavy (non-hydrogen) atoms. The van der Waals surface area contributed by atoms with Crippen LogP contribution in [0.5, 0.6) is 0 Å². The number of nitrogen functional groups attached to an aromatic ring is 1. The number of H-pyrrole nitrogens is 1. The first kappa shape index (κ1) is 13.9. The number of fused-ring (bicyclic) bond motifs is 1. The number of anilines is 1. The lowest BCUT2D eigenvalue weighted by Crippen LogP contribution is -2.44. The maximum absolute atomic E-state index is 14.2. The van der Waals surface area contributed by atoms with E-state index < -0.39 is 36.8 Å². The van der Waals surface area contributed by atoms with Crippen molar-refractivity contribution in [3.8, 4) is 0 Å². The van der Waals surface area contributed by atoms with E-state index in [1.165, 1.54) is 15.5 Å². The maximum Gasteiger partial charge on any atom is 0.313 e. The molecule has 4 atom stereocenters. The zero-order valence-electron chi connectivity index (χ0n) is 11.1. The van der Waals surface area contributed by atoms with Gasteiger partial charge in [-0.15, -0.1) is 0 Å². The topological polar surface area (TPSA) is 130 Å². The molecule has 0 amide bonds. The number of nitrogens with one attached hydrogen (secondary N) is 1. The number of ether oxygens (including phenoxy) is 1. The van der Waals surface area contributed by atoms with Crippen LogP contribution in [0.15, 0.2) is 11.1 Å². The maximum atomic E-state index is 14.2. The summed E-state index contributed by atoms with van der Waals surface area (Å²) in [6.07, 6.45) is -4.03. The molecule has 0 bridgehead atoms. The highest BCUT2D eigenvalue weighted by atomic mass is 19.1. The Kier molecular flexibility index (Phi) is 3.15. The highest BCUT2D eigenvalue weighted by Crippen LogP contribution is 2.28. The Morgan fingerprint density at radius 2 is 2.38 bits per heavy atom. The van der Waals surface area contributed by atoms with Crippen molar-refractivity contribution in [1.82, 2.24) is 14.5 Å². The molecule has 0 radical (unpaired) electrons. The van der Waals surface area contributed by atoms with Gasteiger partial charge in [0.05, 0.1) is 13.7 Å². The number of imidazole rings is 1. The third-order valence-corrected chi connectivity index (χ3v) is 3.54. The Bertz CT molecular complexity index is 744. The second-order valence-corrected chi connectivity index (χ2v) is 4.94. The third-order valence-electron chi connectivity index (χ3n) is 3.54. The Morgan fingerprint density at radius 3 is 3.00 bits per heavy atom. The number of aliphatic hydroxyl groups is 2. The predicted octanol–water partition coefficient (Wildman–Crippen LogP) is -2.28. The molecule has 2 aromatic rings. The van der Waals surface area contributed by atoms with Crippen molar-refractivity contribution >= 4 is 17.1 Å². The first-order chi connectivity index (χ1) is 9.93. The van der Waals surface area contributed by atoms with Crippen LogP contribution in [0.4, 0.5) is 10.3 Å². The second-order valence-electron chi connectivity index (χ2n) is 4.94. The lowest BCUT2D eigenvalue weighted by atomic mass is 10.1. The number of halogens is 1. The first-order valence-corrected chi connectivity index (χ1v) is 6.28. The molecule has 0 saturated carbocycles. The summed E-state index contributed by atoms with van der Waals surface area (Å²) in [6.45, 7) is -0.514. The fourth-order valence-corrected chi connectivity index (χ4v) is 2.53. The SMILES string of the molecule is Cn1c[n+]([C@@H]2O[C@H](CO)[C@H](O)C2F)c2nc(N)[nH]c(=O)c21. The molecule has 0 aliphatic carbocycles. The van der Waals surface area contributed by atoms with Crippen LogP contribution >= 0.6 is 0 Å². The lowest BCUT2D eigenvalue weighted by molar-refractivity contribution is -0.744. The fraction of sp³-hybridized carbons (Fsp3) is 0.545. The molecule has 0 aromatic carbocycles. The third kappa shape index (κ3) is 1.99. The number of alkyl halides is 1. The second kappa shape index (κ2) is 4.76. The molecule has 114 valence electrons. The zero-order chi connectivity index (χ0) is 15.3. The van der Waals surface area contributed by atoms with Gasteiger partial charge in [0.2, 0.25) is 11.7 Å². The number of aliphatic hydroxyl groups excluding tert-OH is 2. The highest BCUT2D eigenvalue weighted by Gasteiger charge is 2.48. The number of hydrogen-bond acceptors (Lipinski definition) is 6. The van der Waals surface area contributed by atoms with E-state index in [0.29, 0.717) is 0 Å². The summed E-state index contributed by atoms with van der Waals surface area (Å²) in [5.41, 5.74) is 5.37. The Labute approximate surface area is 117 Å². The number of nitrogens with two attached hydrogens (primary N) is 1. The number of aromatic amines is 1. The van der Waals surface area contributed by atoms with Crippen LogP contribution in [0, 0.1) is 0 Å². The molecule has 0 spiro atoms. The summed E-state index contributed by atoms with van der Waals surface area (Å²) in [5, 5.41) is 18.8. The van der Waals surface area contributed by atoms with Crippen LogP contribution in [-0.4, -0.2) is 49.7 Å². The number of hydrogen-bond donors (Lipinski definition) is 4. The Hall–Kier alpha value is -2.04. The van der Waals surface area contributed by atoms with Crippen molar-refractivity contribution in [1.29, 1.82) is 0 Å². The molecule has 3 rings (SSSR count). The minimum atomic E-state index is -1.76. The first-order valence-electron chi connectivity index (χ1n) is 6.28. The van der Waals surface area contributed by atoms with E-state index in [9.17, 15) is 14.3 Å². The largest absolute Gasteiger partial charge is 0.394 e. The lowest BCUT2D eigenvalue weighted by Gasteiger charge is -2.10. The summed E-state index contributed by atoms with van der Waals surface area (Å²) in [7, 11) is 1.59. The smallest absolute Gasteiger partial charge is 0.313 e. The normalized spacial score (nSPS) is 29.3. The van der Waals surface area contributed by atoms with E-state index in [4.69, 9.17) is 15.6 Å². The van der Waals surface area contributed by atoms with E-state index >= 15 is 0 Å². The van der Waals surface area contributed by atoms with E-state index in [2.05, 4.69) is 9.97 Å². The van der Waals surface area contributed by atoms with Gasteiger partial charge >= 0.3 is 5.65 Å². The molecule has 1 saturated heterocycles. The van der Waals surface area contributed by atoms with E-state index in [1.54, 1.807) is 7.05 Å². The number of rotatable bonds is 2. The van der Waals surface area contributed by atoms with Crippen molar-refractivity contribution < 1.29 is 23.9 Å². The summed E-state index contributed by atoms with van der Waals surface area (Å²) < 4.78 is 22.2. The molecule has 3 heterocycles. The summed E-state index contributed by atoms with van der Waals surface area (Å²) in [6, 6.07) is 0. The van der Waals surface area contributed by atoms with Gasteiger partial charge in [-0.05, 0) is 0 Å². The predicted molar refractivity (Wildman–Crippen MR) is 67.8 cm³/mol. The number of nitrogens with zero attached hydrogens (tertiary/aromatic N) is 3. The van der Waals surface area contributed by atoms with Gasteiger partial charge in [-0.2, -0.15) is 0 Å². The quantitative estimate of drug-likeness (QED) is 0.462. The van der Waals surface area contributed by atoms with Crippen molar-refractivity contribution in [3.05, 3.63) is 16.7 Å². The van der Waals surface area contributed by atoms with Crippen molar-refractivity contribution in [2.45, 2.75) is 24.6 Å². The van der Waals surface area contributed by atoms with Crippen LogP contribution in [0.1, 0.15) is 6.23 Å². The molecule has 2 aromatic heterocycles. The summed E-state index contributed by atoms with van der Waals surface area (Å²) in [5.74, 6) is -0.111. The van der Waals surface area contributed by atoms with Crippen LogP contribution < -0.4 is 15.9 Å². The van der Waals surface area contributed by atoms with E-state index in [0.717, 1.165) is 0 Å². The fourth-order valence-electron chi connectivity index (χ4n) is 2.53. The average Bonchev–Trinajstić information content (AvgIpc) is 2.89. The van der Waals surface area contributed by atoms with Crippen LogP contribution in [0.25, 0.3) is 11.2 Å². The van der Waals surface area contributed by atoms with Gasteiger partial charge in [-0.3, -0.25) is 14.3 Å². The molecule has 10 heteroatoms.